The quantitative estimate of drug-likeness (QED) is 0.717. The zero-order valence-corrected chi connectivity index (χ0v) is 15.0. The van der Waals surface area contributed by atoms with Crippen molar-refractivity contribution in [3.63, 3.8) is 0 Å². The van der Waals surface area contributed by atoms with Crippen LogP contribution < -0.4 is 9.64 Å². The van der Waals surface area contributed by atoms with Gasteiger partial charge in [0.25, 0.3) is 0 Å². The number of aromatic nitrogens is 2. The van der Waals surface area contributed by atoms with Gasteiger partial charge in [0.05, 0.1) is 12.5 Å². The zero-order valence-electron chi connectivity index (χ0n) is 14.2. The highest BCUT2D eigenvalue weighted by Crippen LogP contribution is 2.35. The number of nitrogens with zero attached hydrogens (tertiary/aromatic N) is 3. The highest BCUT2D eigenvalue weighted by Gasteiger charge is 2.16. The summed E-state index contributed by atoms with van der Waals surface area (Å²) in [5.74, 6) is 2.70. The van der Waals surface area contributed by atoms with Gasteiger partial charge in [-0.15, -0.1) is 11.3 Å². The number of benzene rings is 1. The van der Waals surface area contributed by atoms with Crippen LogP contribution in [0.1, 0.15) is 21.8 Å². The molecular formula is C18H21N3OS. The van der Waals surface area contributed by atoms with Gasteiger partial charge in [0.1, 0.15) is 22.2 Å². The lowest BCUT2D eigenvalue weighted by Gasteiger charge is -2.20. The Balaban J connectivity index is 1.97. The van der Waals surface area contributed by atoms with Crippen LogP contribution >= 0.6 is 11.3 Å². The van der Waals surface area contributed by atoms with Crippen molar-refractivity contribution in [1.29, 1.82) is 0 Å². The van der Waals surface area contributed by atoms with Crippen LogP contribution in [0.15, 0.2) is 24.3 Å². The fourth-order valence-electron chi connectivity index (χ4n) is 2.69. The van der Waals surface area contributed by atoms with Gasteiger partial charge < -0.3 is 9.64 Å². The first-order valence-electron chi connectivity index (χ1n) is 7.58. The minimum absolute atomic E-state index is 0.796. The van der Waals surface area contributed by atoms with Gasteiger partial charge in [-0.05, 0) is 44.0 Å². The number of hydrogen-bond donors (Lipinski definition) is 0. The summed E-state index contributed by atoms with van der Waals surface area (Å²) in [4.78, 5) is 13.9. The maximum absolute atomic E-state index is 5.22. The van der Waals surface area contributed by atoms with E-state index in [0.717, 1.165) is 28.8 Å². The number of anilines is 1. The summed E-state index contributed by atoms with van der Waals surface area (Å²) >= 11 is 1.74. The van der Waals surface area contributed by atoms with Gasteiger partial charge in [0.2, 0.25) is 0 Å². The molecule has 0 aliphatic heterocycles. The van der Waals surface area contributed by atoms with E-state index in [-0.39, 0.29) is 0 Å². The van der Waals surface area contributed by atoms with Crippen LogP contribution in [-0.2, 0) is 6.54 Å². The van der Waals surface area contributed by atoms with Crippen molar-refractivity contribution >= 4 is 27.4 Å². The van der Waals surface area contributed by atoms with Crippen LogP contribution in [0.3, 0.4) is 0 Å². The van der Waals surface area contributed by atoms with Crippen molar-refractivity contribution in [3.05, 3.63) is 46.1 Å². The van der Waals surface area contributed by atoms with Crippen molar-refractivity contribution in [3.8, 4) is 5.75 Å². The largest absolute Gasteiger partial charge is 0.497 e. The second-order valence-electron chi connectivity index (χ2n) is 5.76. The predicted octanol–water partition coefficient (Wildman–Crippen LogP) is 4.26. The fourth-order valence-corrected chi connectivity index (χ4v) is 3.76. The number of hydrogen-bond acceptors (Lipinski definition) is 5. The van der Waals surface area contributed by atoms with E-state index < -0.39 is 0 Å². The molecule has 1 aromatic carbocycles. The van der Waals surface area contributed by atoms with Crippen LogP contribution in [0.2, 0.25) is 0 Å². The van der Waals surface area contributed by atoms with Crippen molar-refractivity contribution in [2.24, 2.45) is 0 Å². The summed E-state index contributed by atoms with van der Waals surface area (Å²) < 4.78 is 5.22. The zero-order chi connectivity index (χ0) is 16.6. The van der Waals surface area contributed by atoms with Crippen molar-refractivity contribution in [2.75, 3.05) is 19.1 Å². The van der Waals surface area contributed by atoms with Gasteiger partial charge in [0.15, 0.2) is 0 Å². The summed E-state index contributed by atoms with van der Waals surface area (Å²) in [6.07, 6.45) is 0. The van der Waals surface area contributed by atoms with E-state index in [1.807, 2.05) is 19.1 Å². The highest BCUT2D eigenvalue weighted by atomic mass is 32.1. The number of ether oxygens (including phenoxy) is 1. The molecule has 0 aliphatic rings. The first-order chi connectivity index (χ1) is 11.0. The van der Waals surface area contributed by atoms with Gasteiger partial charge in [-0.3, -0.25) is 0 Å². The molecule has 0 amide bonds. The van der Waals surface area contributed by atoms with Gasteiger partial charge >= 0.3 is 0 Å². The Morgan fingerprint density at radius 1 is 1.09 bits per heavy atom. The second-order valence-corrected chi connectivity index (χ2v) is 6.97. The second kappa shape index (κ2) is 6.16. The Hall–Kier alpha value is -2.14. The molecule has 0 saturated carbocycles. The third-order valence-corrected chi connectivity index (χ3v) is 5.16. The molecule has 23 heavy (non-hydrogen) atoms. The molecule has 3 rings (SSSR count). The minimum atomic E-state index is 0.796. The molecule has 0 radical (unpaired) electrons. The maximum Gasteiger partial charge on any atom is 0.141 e. The number of methoxy groups -OCH3 is 1. The lowest BCUT2D eigenvalue weighted by atomic mass is 10.1. The average Bonchev–Trinajstić information content (AvgIpc) is 2.81. The molecule has 0 fully saturated rings. The molecule has 0 unspecified atom stereocenters. The molecule has 120 valence electrons. The lowest BCUT2D eigenvalue weighted by Crippen LogP contribution is -2.18. The fraction of sp³-hybridized carbons (Fsp3) is 0.333. The van der Waals surface area contributed by atoms with Crippen LogP contribution in [0, 0.1) is 20.8 Å². The molecule has 0 atom stereocenters. The van der Waals surface area contributed by atoms with E-state index in [4.69, 9.17) is 9.72 Å². The molecule has 2 heterocycles. The number of aryl methyl sites for hydroxylation is 3. The molecule has 4 nitrogen and oxygen atoms in total. The van der Waals surface area contributed by atoms with Gasteiger partial charge in [-0.2, -0.15) is 0 Å². The summed E-state index contributed by atoms with van der Waals surface area (Å²) in [7, 11) is 3.76. The summed E-state index contributed by atoms with van der Waals surface area (Å²) in [5.41, 5.74) is 2.50. The molecule has 0 saturated heterocycles. The number of rotatable bonds is 4. The summed E-state index contributed by atoms with van der Waals surface area (Å²) in [6, 6.07) is 8.16. The Bertz CT molecular complexity index is 840. The Labute approximate surface area is 140 Å². The average molecular weight is 327 g/mol. The molecule has 0 spiro atoms. The van der Waals surface area contributed by atoms with Crippen molar-refractivity contribution < 1.29 is 4.74 Å². The molecule has 3 aromatic rings. The lowest BCUT2D eigenvalue weighted by molar-refractivity contribution is 0.414. The van der Waals surface area contributed by atoms with Crippen LogP contribution in [-0.4, -0.2) is 24.1 Å². The maximum atomic E-state index is 5.22. The standard InChI is InChI=1S/C18H21N3OS/c1-11-12(2)23-18-16(11)17(19-13(3)20-18)21(4)10-14-6-8-15(22-5)9-7-14/h6-9H,10H2,1-5H3. The van der Waals surface area contributed by atoms with Gasteiger partial charge in [-0.25, -0.2) is 9.97 Å². The first kappa shape index (κ1) is 15.7. The Morgan fingerprint density at radius 3 is 2.43 bits per heavy atom. The monoisotopic (exact) mass is 327 g/mol. The van der Waals surface area contributed by atoms with Crippen LogP contribution in [0.25, 0.3) is 10.2 Å². The topological polar surface area (TPSA) is 38.2 Å². The number of fused-ring (bicyclic) bond motifs is 1. The van der Waals surface area contributed by atoms with Gasteiger partial charge in [0, 0.05) is 18.5 Å². The van der Waals surface area contributed by atoms with Crippen LogP contribution in [0.5, 0.6) is 5.75 Å². The van der Waals surface area contributed by atoms with E-state index in [1.165, 1.54) is 21.4 Å². The Morgan fingerprint density at radius 2 is 1.78 bits per heavy atom. The first-order valence-corrected chi connectivity index (χ1v) is 8.39. The van der Waals surface area contributed by atoms with Crippen molar-refractivity contribution in [2.45, 2.75) is 27.3 Å². The summed E-state index contributed by atoms with van der Waals surface area (Å²) in [6.45, 7) is 7.04. The normalized spacial score (nSPS) is 11.0. The molecule has 0 aliphatic carbocycles. The van der Waals surface area contributed by atoms with Gasteiger partial charge in [-0.1, -0.05) is 12.1 Å². The SMILES string of the molecule is COc1ccc(CN(C)c2nc(C)nc3sc(C)c(C)c23)cc1. The van der Waals surface area contributed by atoms with E-state index in [0.29, 0.717) is 0 Å². The third-order valence-electron chi connectivity index (χ3n) is 4.06. The molecule has 5 heteroatoms. The predicted molar refractivity (Wildman–Crippen MR) is 96.7 cm³/mol. The van der Waals surface area contributed by atoms with E-state index in [9.17, 15) is 0 Å². The molecule has 0 bridgehead atoms. The number of thiophene rings is 1. The summed E-state index contributed by atoms with van der Waals surface area (Å²) in [5, 5.41) is 1.18. The van der Waals surface area contributed by atoms with E-state index in [2.05, 4.69) is 42.9 Å². The van der Waals surface area contributed by atoms with Crippen molar-refractivity contribution in [1.82, 2.24) is 9.97 Å². The van der Waals surface area contributed by atoms with Crippen LogP contribution in [0.4, 0.5) is 5.82 Å². The minimum Gasteiger partial charge on any atom is -0.497 e. The Kier molecular flexibility index (Phi) is 4.22. The smallest absolute Gasteiger partial charge is 0.141 e. The molecule has 2 aromatic heterocycles. The van der Waals surface area contributed by atoms with E-state index >= 15 is 0 Å². The molecule has 0 N–H and O–H groups in total. The highest BCUT2D eigenvalue weighted by molar-refractivity contribution is 7.18. The van der Waals surface area contributed by atoms with E-state index in [1.54, 1.807) is 18.4 Å². The molecular weight excluding hydrogens is 306 g/mol. The third kappa shape index (κ3) is 3.01.